The third-order valence-corrected chi connectivity index (χ3v) is 4.47. The van der Waals surface area contributed by atoms with Crippen LogP contribution in [0.5, 0.6) is 5.88 Å². The Labute approximate surface area is 158 Å². The first-order valence-electron chi connectivity index (χ1n) is 8.79. The van der Waals surface area contributed by atoms with Crippen LogP contribution in [0, 0.1) is 5.92 Å². The maximum Gasteiger partial charge on any atom is 0.410 e. The van der Waals surface area contributed by atoms with Crippen LogP contribution >= 0.6 is 11.6 Å². The molecule has 2 unspecified atom stereocenters. The highest BCUT2D eigenvalue weighted by atomic mass is 35.5. The Balaban J connectivity index is 1.71. The number of nitrogens with zero attached hydrogens (tertiary/aromatic N) is 3. The predicted octanol–water partition coefficient (Wildman–Crippen LogP) is 4.31. The van der Waals surface area contributed by atoms with Crippen molar-refractivity contribution >= 4 is 28.6 Å². The van der Waals surface area contributed by atoms with E-state index in [0.717, 1.165) is 10.9 Å². The van der Waals surface area contributed by atoms with Crippen molar-refractivity contribution in [3.8, 4) is 5.88 Å². The SMILES string of the molecule is CC1CN(C(=O)OC(C)(C)C)CCC1Oc1nc(Cl)cc2ncccc12. The fraction of sp³-hybridized carbons (Fsp3) is 0.526. The van der Waals surface area contributed by atoms with Crippen molar-refractivity contribution < 1.29 is 14.3 Å². The fourth-order valence-electron chi connectivity index (χ4n) is 3.04. The molecule has 0 radical (unpaired) electrons. The van der Waals surface area contributed by atoms with E-state index in [-0.39, 0.29) is 18.1 Å². The van der Waals surface area contributed by atoms with Crippen LogP contribution in [0.1, 0.15) is 34.1 Å². The van der Waals surface area contributed by atoms with Crippen LogP contribution in [0.25, 0.3) is 10.9 Å². The van der Waals surface area contributed by atoms with E-state index in [1.54, 1.807) is 17.2 Å². The summed E-state index contributed by atoms with van der Waals surface area (Å²) in [5.74, 6) is 0.631. The Morgan fingerprint density at radius 3 is 2.85 bits per heavy atom. The topological polar surface area (TPSA) is 64.6 Å². The van der Waals surface area contributed by atoms with Gasteiger partial charge < -0.3 is 14.4 Å². The maximum absolute atomic E-state index is 12.3. The molecule has 2 aromatic rings. The Kier molecular flexibility index (Phi) is 5.23. The van der Waals surface area contributed by atoms with Gasteiger partial charge in [0.05, 0.1) is 10.9 Å². The third-order valence-electron chi connectivity index (χ3n) is 4.27. The minimum atomic E-state index is -0.496. The number of amides is 1. The summed E-state index contributed by atoms with van der Waals surface area (Å²) in [7, 11) is 0. The van der Waals surface area contributed by atoms with Gasteiger partial charge in [0.1, 0.15) is 16.9 Å². The summed E-state index contributed by atoms with van der Waals surface area (Å²) in [5, 5.41) is 1.18. The Morgan fingerprint density at radius 1 is 1.38 bits per heavy atom. The number of halogens is 1. The second kappa shape index (κ2) is 7.27. The zero-order valence-corrected chi connectivity index (χ0v) is 16.3. The molecule has 0 aliphatic carbocycles. The smallest absolute Gasteiger partial charge is 0.410 e. The number of piperidine rings is 1. The van der Waals surface area contributed by atoms with Crippen LogP contribution in [-0.2, 0) is 4.74 Å². The van der Waals surface area contributed by atoms with Crippen LogP contribution in [0.3, 0.4) is 0 Å². The normalized spacial score (nSPS) is 20.9. The van der Waals surface area contributed by atoms with Crippen LogP contribution in [-0.4, -0.2) is 45.8 Å². The molecule has 1 saturated heterocycles. The molecule has 1 amide bonds. The standard InChI is InChI=1S/C19H24ClN3O3/c1-12-11-23(18(24)26-19(2,3)4)9-7-15(12)25-17-13-6-5-8-21-14(13)10-16(20)22-17/h5-6,8,10,12,15H,7,9,11H2,1-4H3. The molecule has 3 heterocycles. The van der Waals surface area contributed by atoms with E-state index in [9.17, 15) is 4.79 Å². The first-order valence-corrected chi connectivity index (χ1v) is 9.16. The number of hydrogen-bond acceptors (Lipinski definition) is 5. The number of aromatic nitrogens is 2. The molecule has 1 aliphatic rings. The molecule has 1 fully saturated rings. The summed E-state index contributed by atoms with van der Waals surface area (Å²) in [6, 6.07) is 5.49. The number of rotatable bonds is 2. The average Bonchev–Trinajstić information content (AvgIpc) is 2.55. The molecule has 140 valence electrons. The van der Waals surface area contributed by atoms with Gasteiger partial charge >= 0.3 is 6.09 Å². The quantitative estimate of drug-likeness (QED) is 0.730. The molecule has 7 heteroatoms. The highest BCUT2D eigenvalue weighted by Crippen LogP contribution is 2.29. The monoisotopic (exact) mass is 377 g/mol. The lowest BCUT2D eigenvalue weighted by atomic mass is 9.97. The predicted molar refractivity (Wildman–Crippen MR) is 101 cm³/mol. The van der Waals surface area contributed by atoms with E-state index in [4.69, 9.17) is 21.1 Å². The molecule has 2 aromatic heterocycles. The molecule has 0 bridgehead atoms. The molecule has 0 saturated carbocycles. The van der Waals surface area contributed by atoms with Crippen molar-refractivity contribution in [2.45, 2.75) is 45.8 Å². The number of hydrogen-bond donors (Lipinski definition) is 0. The van der Waals surface area contributed by atoms with Crippen molar-refractivity contribution in [1.82, 2.24) is 14.9 Å². The highest BCUT2D eigenvalue weighted by Gasteiger charge is 2.33. The van der Waals surface area contributed by atoms with Crippen LogP contribution in [0.4, 0.5) is 4.79 Å². The van der Waals surface area contributed by atoms with Crippen molar-refractivity contribution in [1.29, 1.82) is 0 Å². The largest absolute Gasteiger partial charge is 0.473 e. The first-order chi connectivity index (χ1) is 12.2. The molecule has 6 nitrogen and oxygen atoms in total. The molecule has 0 aromatic carbocycles. The Bertz CT molecular complexity index is 806. The van der Waals surface area contributed by atoms with E-state index in [1.807, 2.05) is 32.9 Å². The van der Waals surface area contributed by atoms with Crippen molar-refractivity contribution in [2.75, 3.05) is 13.1 Å². The van der Waals surface area contributed by atoms with Crippen LogP contribution < -0.4 is 4.74 Å². The number of pyridine rings is 2. The number of likely N-dealkylation sites (tertiary alicyclic amines) is 1. The molecule has 26 heavy (non-hydrogen) atoms. The van der Waals surface area contributed by atoms with E-state index in [0.29, 0.717) is 30.5 Å². The Morgan fingerprint density at radius 2 is 2.15 bits per heavy atom. The van der Waals surface area contributed by atoms with Crippen molar-refractivity contribution in [3.05, 3.63) is 29.5 Å². The van der Waals surface area contributed by atoms with Gasteiger partial charge in [0, 0.05) is 37.7 Å². The molecule has 3 rings (SSSR count). The lowest BCUT2D eigenvalue weighted by molar-refractivity contribution is -0.0000656. The average molecular weight is 378 g/mol. The number of carbonyl (C=O) groups is 1. The summed E-state index contributed by atoms with van der Waals surface area (Å²) >= 11 is 6.10. The van der Waals surface area contributed by atoms with Gasteiger partial charge in [-0.1, -0.05) is 18.5 Å². The van der Waals surface area contributed by atoms with E-state index >= 15 is 0 Å². The maximum atomic E-state index is 12.3. The van der Waals surface area contributed by atoms with Gasteiger partial charge in [-0.25, -0.2) is 9.78 Å². The highest BCUT2D eigenvalue weighted by molar-refractivity contribution is 6.30. The lowest BCUT2D eigenvalue weighted by Crippen LogP contribution is -2.48. The number of ether oxygens (including phenoxy) is 2. The van der Waals surface area contributed by atoms with Crippen molar-refractivity contribution in [3.63, 3.8) is 0 Å². The van der Waals surface area contributed by atoms with E-state index < -0.39 is 5.60 Å². The molecular formula is C19H24ClN3O3. The van der Waals surface area contributed by atoms with Crippen LogP contribution in [0.2, 0.25) is 5.15 Å². The summed E-state index contributed by atoms with van der Waals surface area (Å²) in [6.07, 6.45) is 2.09. The zero-order valence-electron chi connectivity index (χ0n) is 15.5. The van der Waals surface area contributed by atoms with Crippen molar-refractivity contribution in [2.24, 2.45) is 5.92 Å². The van der Waals surface area contributed by atoms with Gasteiger partial charge in [0.2, 0.25) is 5.88 Å². The first kappa shape index (κ1) is 18.7. The Hall–Kier alpha value is -2.08. The lowest BCUT2D eigenvalue weighted by Gasteiger charge is -2.37. The zero-order chi connectivity index (χ0) is 18.9. The van der Waals surface area contributed by atoms with Gasteiger partial charge in [-0.3, -0.25) is 4.98 Å². The third kappa shape index (κ3) is 4.36. The molecular weight excluding hydrogens is 354 g/mol. The van der Waals surface area contributed by atoms with Crippen LogP contribution in [0.15, 0.2) is 24.4 Å². The second-order valence-corrected chi connectivity index (χ2v) is 8.06. The summed E-state index contributed by atoms with van der Waals surface area (Å²) < 4.78 is 11.6. The van der Waals surface area contributed by atoms with E-state index in [2.05, 4.69) is 16.9 Å². The molecule has 1 aliphatic heterocycles. The van der Waals surface area contributed by atoms with Gasteiger partial charge in [0.25, 0.3) is 0 Å². The number of fused-ring (bicyclic) bond motifs is 1. The summed E-state index contributed by atoms with van der Waals surface area (Å²) in [5.41, 5.74) is 0.256. The second-order valence-electron chi connectivity index (χ2n) is 7.67. The minimum Gasteiger partial charge on any atom is -0.473 e. The minimum absolute atomic E-state index is 0.0527. The molecule has 0 N–H and O–H groups in total. The van der Waals surface area contributed by atoms with Gasteiger partial charge in [-0.2, -0.15) is 0 Å². The summed E-state index contributed by atoms with van der Waals surface area (Å²) in [6.45, 7) is 8.83. The van der Waals surface area contributed by atoms with Gasteiger partial charge in [-0.15, -0.1) is 0 Å². The number of carbonyl (C=O) groups excluding carboxylic acids is 1. The van der Waals surface area contributed by atoms with Gasteiger partial charge in [-0.05, 0) is 32.9 Å². The molecule has 2 atom stereocenters. The van der Waals surface area contributed by atoms with Gasteiger partial charge in [0.15, 0.2) is 0 Å². The summed E-state index contributed by atoms with van der Waals surface area (Å²) in [4.78, 5) is 22.6. The van der Waals surface area contributed by atoms with E-state index in [1.165, 1.54) is 0 Å². The molecule has 0 spiro atoms. The fourth-order valence-corrected chi connectivity index (χ4v) is 3.22.